The number of nitro groups is 1. The number of hydrogen-bond acceptors (Lipinski definition) is 3. The number of nitrogens with zero attached hydrogens (tertiary/aromatic N) is 1. The molecule has 26 heavy (non-hydrogen) atoms. The van der Waals surface area contributed by atoms with Crippen LogP contribution in [0.1, 0.15) is 5.56 Å². The summed E-state index contributed by atoms with van der Waals surface area (Å²) in [4.78, 5) is 10.8. The van der Waals surface area contributed by atoms with E-state index in [2.05, 4.69) is 10.6 Å². The number of nitro benzene ring substituents is 1. The Morgan fingerprint density at radius 1 is 0.923 bits per heavy atom. The van der Waals surface area contributed by atoms with Gasteiger partial charge >= 0.3 is 0 Å². The number of rotatable bonds is 5. The molecule has 0 spiro atoms. The van der Waals surface area contributed by atoms with E-state index in [0.29, 0.717) is 17.2 Å². The van der Waals surface area contributed by atoms with Gasteiger partial charge < -0.3 is 10.6 Å². The van der Waals surface area contributed by atoms with Crippen LogP contribution in [0, 0.1) is 10.1 Å². The number of anilines is 1. The normalized spacial score (nSPS) is 10.2. The molecular weight excluding hydrogens is 346 g/mol. The van der Waals surface area contributed by atoms with Crippen LogP contribution in [0.5, 0.6) is 0 Å². The maximum Gasteiger partial charge on any atom is 0.277 e. The van der Waals surface area contributed by atoms with Crippen LogP contribution in [0.4, 0.5) is 11.4 Å². The lowest BCUT2D eigenvalue weighted by Crippen LogP contribution is -2.27. The second-order valence-corrected chi connectivity index (χ2v) is 6.05. The SMILES string of the molecule is O=[N+]([O-])c1ccccc1-c1ccc(NC(=S)NCc2ccccc2)cc1. The van der Waals surface area contributed by atoms with E-state index in [1.54, 1.807) is 18.2 Å². The van der Waals surface area contributed by atoms with Crippen LogP contribution in [-0.2, 0) is 6.54 Å². The topological polar surface area (TPSA) is 67.2 Å². The van der Waals surface area contributed by atoms with Crippen LogP contribution in [0.25, 0.3) is 11.1 Å². The van der Waals surface area contributed by atoms with Gasteiger partial charge in [-0.25, -0.2) is 0 Å². The quantitative estimate of drug-likeness (QED) is 0.389. The van der Waals surface area contributed by atoms with E-state index in [1.165, 1.54) is 6.07 Å². The molecule has 0 fully saturated rings. The van der Waals surface area contributed by atoms with Crippen molar-refractivity contribution in [3.63, 3.8) is 0 Å². The summed E-state index contributed by atoms with van der Waals surface area (Å²) in [7, 11) is 0. The molecule has 0 saturated carbocycles. The van der Waals surface area contributed by atoms with E-state index in [1.807, 2.05) is 54.6 Å². The molecule has 0 amide bonds. The first-order valence-corrected chi connectivity index (χ1v) is 8.47. The summed E-state index contributed by atoms with van der Waals surface area (Å²) in [5.74, 6) is 0. The fourth-order valence-corrected chi connectivity index (χ4v) is 2.75. The Morgan fingerprint density at radius 3 is 2.27 bits per heavy atom. The number of para-hydroxylation sites is 1. The molecule has 0 aliphatic rings. The number of thiocarbonyl (C=S) groups is 1. The first-order chi connectivity index (χ1) is 12.6. The van der Waals surface area contributed by atoms with Gasteiger partial charge in [-0.2, -0.15) is 0 Å². The molecular formula is C20H17N3O2S. The first kappa shape index (κ1) is 17.6. The maximum atomic E-state index is 11.2. The Balaban J connectivity index is 1.65. The van der Waals surface area contributed by atoms with Crippen molar-refractivity contribution >= 4 is 28.7 Å². The van der Waals surface area contributed by atoms with Crippen LogP contribution in [0.15, 0.2) is 78.9 Å². The molecule has 0 heterocycles. The standard InChI is InChI=1S/C20H17N3O2S/c24-23(25)19-9-5-4-8-18(19)16-10-12-17(13-11-16)22-20(26)21-14-15-6-2-1-3-7-15/h1-13H,14H2,(H2,21,22,26). The molecule has 3 rings (SSSR count). The van der Waals surface area contributed by atoms with Crippen molar-refractivity contribution in [1.82, 2.24) is 5.32 Å². The summed E-state index contributed by atoms with van der Waals surface area (Å²) >= 11 is 5.30. The lowest BCUT2D eigenvalue weighted by Gasteiger charge is -2.11. The van der Waals surface area contributed by atoms with E-state index >= 15 is 0 Å². The molecule has 3 aromatic rings. The van der Waals surface area contributed by atoms with Gasteiger partial charge in [0, 0.05) is 18.3 Å². The summed E-state index contributed by atoms with van der Waals surface area (Å²) in [5.41, 5.74) is 3.43. The zero-order valence-electron chi connectivity index (χ0n) is 13.9. The minimum Gasteiger partial charge on any atom is -0.358 e. The van der Waals surface area contributed by atoms with Crippen molar-refractivity contribution < 1.29 is 4.92 Å². The molecule has 0 radical (unpaired) electrons. The Morgan fingerprint density at radius 2 is 1.58 bits per heavy atom. The van der Waals surface area contributed by atoms with Crippen molar-refractivity contribution in [1.29, 1.82) is 0 Å². The predicted molar refractivity (Wildman–Crippen MR) is 108 cm³/mol. The van der Waals surface area contributed by atoms with Crippen molar-refractivity contribution in [2.75, 3.05) is 5.32 Å². The monoisotopic (exact) mass is 363 g/mol. The molecule has 2 N–H and O–H groups in total. The van der Waals surface area contributed by atoms with Gasteiger partial charge in [0.25, 0.3) is 5.69 Å². The zero-order valence-corrected chi connectivity index (χ0v) is 14.7. The largest absolute Gasteiger partial charge is 0.358 e. The molecule has 0 aliphatic heterocycles. The molecule has 0 aromatic heterocycles. The van der Waals surface area contributed by atoms with E-state index in [-0.39, 0.29) is 10.6 Å². The van der Waals surface area contributed by atoms with E-state index in [0.717, 1.165) is 16.8 Å². The molecule has 0 bridgehead atoms. The third-order valence-electron chi connectivity index (χ3n) is 3.85. The van der Waals surface area contributed by atoms with Gasteiger partial charge in [-0.1, -0.05) is 54.6 Å². The first-order valence-electron chi connectivity index (χ1n) is 8.06. The third kappa shape index (κ3) is 4.43. The van der Waals surface area contributed by atoms with Crippen molar-refractivity contribution in [2.45, 2.75) is 6.54 Å². The Kier molecular flexibility index (Phi) is 5.56. The average molecular weight is 363 g/mol. The fraction of sp³-hybridized carbons (Fsp3) is 0.0500. The summed E-state index contributed by atoms with van der Waals surface area (Å²) < 4.78 is 0. The van der Waals surface area contributed by atoms with Gasteiger partial charge in [-0.15, -0.1) is 0 Å². The second kappa shape index (κ2) is 8.22. The smallest absolute Gasteiger partial charge is 0.277 e. The van der Waals surface area contributed by atoms with Gasteiger partial charge in [-0.05, 0) is 41.5 Å². The van der Waals surface area contributed by atoms with E-state index in [9.17, 15) is 10.1 Å². The van der Waals surface area contributed by atoms with E-state index < -0.39 is 0 Å². The second-order valence-electron chi connectivity index (χ2n) is 5.64. The van der Waals surface area contributed by atoms with Crippen LogP contribution in [0.2, 0.25) is 0 Å². The van der Waals surface area contributed by atoms with Gasteiger partial charge in [0.2, 0.25) is 0 Å². The van der Waals surface area contributed by atoms with Gasteiger partial charge in [0.15, 0.2) is 5.11 Å². The van der Waals surface area contributed by atoms with Crippen molar-refractivity contribution in [3.8, 4) is 11.1 Å². The summed E-state index contributed by atoms with van der Waals surface area (Å²) in [6, 6.07) is 24.1. The molecule has 130 valence electrons. The molecule has 3 aromatic carbocycles. The highest BCUT2D eigenvalue weighted by atomic mass is 32.1. The highest BCUT2D eigenvalue weighted by molar-refractivity contribution is 7.80. The molecule has 0 aliphatic carbocycles. The van der Waals surface area contributed by atoms with Gasteiger partial charge in [-0.3, -0.25) is 10.1 Å². The van der Waals surface area contributed by atoms with Crippen LogP contribution >= 0.6 is 12.2 Å². The Bertz CT molecular complexity index is 912. The highest BCUT2D eigenvalue weighted by Gasteiger charge is 2.13. The maximum absolute atomic E-state index is 11.2. The lowest BCUT2D eigenvalue weighted by atomic mass is 10.0. The third-order valence-corrected chi connectivity index (χ3v) is 4.10. The lowest BCUT2D eigenvalue weighted by molar-refractivity contribution is -0.384. The van der Waals surface area contributed by atoms with Crippen LogP contribution in [-0.4, -0.2) is 10.0 Å². The average Bonchev–Trinajstić information content (AvgIpc) is 2.68. The minimum absolute atomic E-state index is 0.0910. The highest BCUT2D eigenvalue weighted by Crippen LogP contribution is 2.30. The Labute approximate surface area is 156 Å². The molecule has 6 heteroatoms. The van der Waals surface area contributed by atoms with Crippen LogP contribution < -0.4 is 10.6 Å². The molecule has 0 atom stereocenters. The molecule has 0 unspecified atom stereocenters. The zero-order chi connectivity index (χ0) is 18.4. The Hall–Kier alpha value is -3.25. The summed E-state index contributed by atoms with van der Waals surface area (Å²) in [6.07, 6.45) is 0. The molecule has 0 saturated heterocycles. The number of benzene rings is 3. The van der Waals surface area contributed by atoms with Gasteiger partial charge in [0.1, 0.15) is 0 Å². The summed E-state index contributed by atoms with van der Waals surface area (Å²) in [6.45, 7) is 0.640. The fourth-order valence-electron chi connectivity index (χ4n) is 2.56. The number of nitrogens with one attached hydrogen (secondary N) is 2. The van der Waals surface area contributed by atoms with Gasteiger partial charge in [0.05, 0.1) is 10.5 Å². The predicted octanol–water partition coefficient (Wildman–Crippen LogP) is 4.75. The molecule has 5 nitrogen and oxygen atoms in total. The summed E-state index contributed by atoms with van der Waals surface area (Å²) in [5, 5.41) is 17.9. The number of hydrogen-bond donors (Lipinski definition) is 2. The van der Waals surface area contributed by atoms with E-state index in [4.69, 9.17) is 12.2 Å². The van der Waals surface area contributed by atoms with Crippen molar-refractivity contribution in [2.24, 2.45) is 0 Å². The minimum atomic E-state index is -0.371. The van der Waals surface area contributed by atoms with Crippen LogP contribution in [0.3, 0.4) is 0 Å². The van der Waals surface area contributed by atoms with Crippen molar-refractivity contribution in [3.05, 3.63) is 94.5 Å².